The second-order valence-electron chi connectivity index (χ2n) is 7.81. The van der Waals surface area contributed by atoms with E-state index in [1.54, 1.807) is 12.1 Å². The van der Waals surface area contributed by atoms with Crippen LogP contribution < -0.4 is 16.4 Å². The highest BCUT2D eigenvalue weighted by molar-refractivity contribution is 5.92. The molecule has 1 aromatic carbocycles. The van der Waals surface area contributed by atoms with Crippen molar-refractivity contribution in [3.05, 3.63) is 35.5 Å². The molecule has 0 unspecified atom stereocenters. The lowest BCUT2D eigenvalue weighted by molar-refractivity contribution is -0.121. The number of benzene rings is 1. The van der Waals surface area contributed by atoms with Crippen molar-refractivity contribution in [2.45, 2.75) is 70.8 Å². The SMILES string of the molecule is CC(=O)NC1(c2noc(CCC(=O)Nc3cc(N)ccc3C)n2)CCCCCC1. The zero-order valence-corrected chi connectivity index (χ0v) is 17.1. The molecule has 1 aliphatic rings. The lowest BCUT2D eigenvalue weighted by Crippen LogP contribution is -2.45. The molecule has 1 saturated carbocycles. The molecule has 8 heteroatoms. The number of carbonyl (C=O) groups excluding carboxylic acids is 2. The summed E-state index contributed by atoms with van der Waals surface area (Å²) in [7, 11) is 0. The van der Waals surface area contributed by atoms with Gasteiger partial charge < -0.3 is 20.9 Å². The monoisotopic (exact) mass is 399 g/mol. The van der Waals surface area contributed by atoms with E-state index >= 15 is 0 Å². The average Bonchev–Trinajstić information content (AvgIpc) is 3.03. The molecule has 29 heavy (non-hydrogen) atoms. The van der Waals surface area contributed by atoms with Gasteiger partial charge in [-0.25, -0.2) is 0 Å². The molecule has 1 aliphatic carbocycles. The normalized spacial score (nSPS) is 16.1. The number of carbonyl (C=O) groups is 2. The summed E-state index contributed by atoms with van der Waals surface area (Å²) in [6.45, 7) is 3.42. The maximum absolute atomic E-state index is 12.3. The van der Waals surface area contributed by atoms with E-state index in [4.69, 9.17) is 10.3 Å². The Morgan fingerprint density at radius 1 is 1.21 bits per heavy atom. The van der Waals surface area contributed by atoms with Crippen LogP contribution in [0, 0.1) is 6.92 Å². The summed E-state index contributed by atoms with van der Waals surface area (Å²) in [5.41, 5.74) is 7.44. The minimum absolute atomic E-state index is 0.102. The predicted octanol–water partition coefficient (Wildman–Crippen LogP) is 3.22. The van der Waals surface area contributed by atoms with Crippen molar-refractivity contribution in [3.63, 3.8) is 0 Å². The number of nitrogens with two attached hydrogens (primary N) is 1. The number of nitrogen functional groups attached to an aromatic ring is 1. The van der Waals surface area contributed by atoms with E-state index < -0.39 is 5.54 Å². The van der Waals surface area contributed by atoms with Crippen LogP contribution in [-0.4, -0.2) is 22.0 Å². The summed E-state index contributed by atoms with van der Waals surface area (Å²) < 4.78 is 5.40. The first-order chi connectivity index (χ1) is 13.9. The van der Waals surface area contributed by atoms with Gasteiger partial charge in [0.25, 0.3) is 0 Å². The van der Waals surface area contributed by atoms with E-state index in [0.29, 0.717) is 29.5 Å². The predicted molar refractivity (Wildman–Crippen MR) is 110 cm³/mol. The maximum atomic E-state index is 12.3. The molecule has 0 atom stereocenters. The number of hydrogen-bond donors (Lipinski definition) is 3. The van der Waals surface area contributed by atoms with Crippen molar-refractivity contribution in [1.82, 2.24) is 15.5 Å². The summed E-state index contributed by atoms with van der Waals surface area (Å²) in [5, 5.41) is 10.1. The van der Waals surface area contributed by atoms with Gasteiger partial charge in [0.05, 0.1) is 0 Å². The molecule has 0 saturated heterocycles. The van der Waals surface area contributed by atoms with Gasteiger partial charge in [-0.05, 0) is 37.5 Å². The topological polar surface area (TPSA) is 123 Å². The van der Waals surface area contributed by atoms with Crippen LogP contribution in [0.25, 0.3) is 0 Å². The Morgan fingerprint density at radius 2 is 1.93 bits per heavy atom. The molecule has 0 aliphatic heterocycles. The Morgan fingerprint density at radius 3 is 2.62 bits per heavy atom. The zero-order valence-electron chi connectivity index (χ0n) is 17.1. The van der Waals surface area contributed by atoms with Crippen LogP contribution in [0.4, 0.5) is 11.4 Å². The smallest absolute Gasteiger partial charge is 0.227 e. The fourth-order valence-corrected chi connectivity index (χ4v) is 3.83. The van der Waals surface area contributed by atoms with Crippen molar-refractivity contribution >= 4 is 23.2 Å². The molecule has 0 radical (unpaired) electrons. The van der Waals surface area contributed by atoms with E-state index in [0.717, 1.165) is 44.1 Å². The van der Waals surface area contributed by atoms with Gasteiger partial charge in [0.1, 0.15) is 5.54 Å². The van der Waals surface area contributed by atoms with E-state index in [9.17, 15) is 9.59 Å². The summed E-state index contributed by atoms with van der Waals surface area (Å²) in [6, 6.07) is 5.40. The van der Waals surface area contributed by atoms with Crippen LogP contribution in [0.5, 0.6) is 0 Å². The van der Waals surface area contributed by atoms with Gasteiger partial charge in [-0.15, -0.1) is 0 Å². The molecule has 3 rings (SSSR count). The third kappa shape index (κ3) is 5.34. The molecule has 0 bridgehead atoms. The van der Waals surface area contributed by atoms with E-state index in [1.807, 2.05) is 13.0 Å². The number of amides is 2. The molecular formula is C21H29N5O3. The molecule has 4 N–H and O–H groups in total. The van der Waals surface area contributed by atoms with Gasteiger partial charge in [-0.1, -0.05) is 36.9 Å². The molecule has 2 aromatic rings. The Bertz CT molecular complexity index is 869. The van der Waals surface area contributed by atoms with Gasteiger partial charge in [0, 0.05) is 31.1 Å². The minimum atomic E-state index is -0.578. The Labute approximate surface area is 170 Å². The molecular weight excluding hydrogens is 370 g/mol. The molecule has 1 aromatic heterocycles. The molecule has 0 spiro atoms. The van der Waals surface area contributed by atoms with Crippen LogP contribution in [0.3, 0.4) is 0 Å². The second kappa shape index (κ2) is 9.07. The first-order valence-corrected chi connectivity index (χ1v) is 10.2. The van der Waals surface area contributed by atoms with Gasteiger partial charge in [0.2, 0.25) is 17.7 Å². The first kappa shape index (κ1) is 20.8. The van der Waals surface area contributed by atoms with Crippen LogP contribution in [0.1, 0.15) is 69.1 Å². The minimum Gasteiger partial charge on any atom is -0.399 e. The fraction of sp³-hybridized carbons (Fsp3) is 0.524. The third-order valence-electron chi connectivity index (χ3n) is 5.37. The lowest BCUT2D eigenvalue weighted by atomic mass is 9.89. The van der Waals surface area contributed by atoms with Gasteiger partial charge in [-0.2, -0.15) is 4.98 Å². The fourth-order valence-electron chi connectivity index (χ4n) is 3.83. The van der Waals surface area contributed by atoms with Crippen LogP contribution in [0.2, 0.25) is 0 Å². The standard InChI is InChI=1S/C21H29N5O3/c1-14-7-8-16(22)13-17(14)23-18(28)9-10-19-24-20(26-29-19)21(25-15(2)27)11-5-3-4-6-12-21/h7-8,13H,3-6,9-12,22H2,1-2H3,(H,23,28)(H,25,27). The Hall–Kier alpha value is -2.90. The number of hydrogen-bond acceptors (Lipinski definition) is 6. The average molecular weight is 399 g/mol. The quantitative estimate of drug-likeness (QED) is 0.506. The highest BCUT2D eigenvalue weighted by Crippen LogP contribution is 2.34. The van der Waals surface area contributed by atoms with E-state index in [-0.39, 0.29) is 18.2 Å². The van der Waals surface area contributed by atoms with Crippen molar-refractivity contribution in [3.8, 4) is 0 Å². The highest BCUT2D eigenvalue weighted by Gasteiger charge is 2.38. The number of aromatic nitrogens is 2. The van der Waals surface area contributed by atoms with Crippen molar-refractivity contribution < 1.29 is 14.1 Å². The van der Waals surface area contributed by atoms with Crippen LogP contribution in [0.15, 0.2) is 22.7 Å². The van der Waals surface area contributed by atoms with Crippen molar-refractivity contribution in [2.24, 2.45) is 0 Å². The number of anilines is 2. The molecule has 1 heterocycles. The van der Waals surface area contributed by atoms with E-state index in [2.05, 4.69) is 20.8 Å². The molecule has 1 fully saturated rings. The summed E-state index contributed by atoms with van der Waals surface area (Å²) in [6.07, 6.45) is 6.41. The van der Waals surface area contributed by atoms with E-state index in [1.165, 1.54) is 6.92 Å². The Kier molecular flexibility index (Phi) is 6.51. The van der Waals surface area contributed by atoms with Gasteiger partial charge in [-0.3, -0.25) is 9.59 Å². The molecule has 2 amide bonds. The largest absolute Gasteiger partial charge is 0.399 e. The number of nitrogens with zero attached hydrogens (tertiary/aromatic N) is 2. The maximum Gasteiger partial charge on any atom is 0.227 e. The highest BCUT2D eigenvalue weighted by atomic mass is 16.5. The summed E-state index contributed by atoms with van der Waals surface area (Å²) >= 11 is 0. The third-order valence-corrected chi connectivity index (χ3v) is 5.37. The van der Waals surface area contributed by atoms with Crippen molar-refractivity contribution in [2.75, 3.05) is 11.1 Å². The van der Waals surface area contributed by atoms with Gasteiger partial charge in [0.15, 0.2) is 5.82 Å². The first-order valence-electron chi connectivity index (χ1n) is 10.2. The number of rotatable bonds is 6. The second-order valence-corrected chi connectivity index (χ2v) is 7.81. The molecule has 8 nitrogen and oxygen atoms in total. The van der Waals surface area contributed by atoms with Crippen LogP contribution in [-0.2, 0) is 21.5 Å². The number of nitrogens with one attached hydrogen (secondary N) is 2. The zero-order chi connectivity index (χ0) is 20.9. The van der Waals surface area contributed by atoms with Crippen LogP contribution >= 0.6 is 0 Å². The summed E-state index contributed by atoms with van der Waals surface area (Å²) in [4.78, 5) is 28.6. The Balaban J connectivity index is 1.65. The number of aryl methyl sites for hydroxylation is 2. The summed E-state index contributed by atoms with van der Waals surface area (Å²) in [5.74, 6) is 0.657. The molecule has 156 valence electrons. The lowest BCUT2D eigenvalue weighted by Gasteiger charge is -2.30. The van der Waals surface area contributed by atoms with Gasteiger partial charge >= 0.3 is 0 Å². The van der Waals surface area contributed by atoms with Crippen molar-refractivity contribution in [1.29, 1.82) is 0 Å².